The van der Waals surface area contributed by atoms with Crippen molar-refractivity contribution < 1.29 is 27.4 Å². The van der Waals surface area contributed by atoms with Crippen LogP contribution < -0.4 is 14.8 Å². The molecule has 5 nitrogen and oxygen atoms in total. The van der Waals surface area contributed by atoms with Crippen LogP contribution in [0.5, 0.6) is 11.6 Å². The number of halogens is 3. The molecule has 0 saturated heterocycles. The van der Waals surface area contributed by atoms with Crippen LogP contribution in [0.2, 0.25) is 0 Å². The Morgan fingerprint density at radius 2 is 1.93 bits per heavy atom. The van der Waals surface area contributed by atoms with Gasteiger partial charge >= 0.3 is 6.18 Å². The third-order valence-corrected chi connectivity index (χ3v) is 4.50. The van der Waals surface area contributed by atoms with Crippen LogP contribution in [0.3, 0.4) is 0 Å². The van der Waals surface area contributed by atoms with E-state index >= 15 is 0 Å². The Morgan fingerprint density at radius 1 is 1.21 bits per heavy atom. The highest BCUT2D eigenvalue weighted by Gasteiger charge is 2.32. The number of methoxy groups -OCH3 is 1. The van der Waals surface area contributed by atoms with Crippen LogP contribution in [0.15, 0.2) is 49.1 Å². The number of alkyl halides is 3. The van der Waals surface area contributed by atoms with Crippen molar-refractivity contribution in [3.05, 3.63) is 65.9 Å². The second kappa shape index (κ2) is 7.92. The summed E-state index contributed by atoms with van der Waals surface area (Å²) in [6.07, 6.45) is -2.57. The summed E-state index contributed by atoms with van der Waals surface area (Å²) in [4.78, 5) is 16.1. The predicted molar refractivity (Wildman–Crippen MR) is 95.9 cm³/mol. The van der Waals surface area contributed by atoms with Gasteiger partial charge in [0, 0.05) is 11.6 Å². The summed E-state index contributed by atoms with van der Waals surface area (Å²) >= 11 is 0. The molecule has 28 heavy (non-hydrogen) atoms. The van der Waals surface area contributed by atoms with Crippen LogP contribution in [-0.4, -0.2) is 18.0 Å². The Morgan fingerprint density at radius 3 is 2.54 bits per heavy atom. The number of fused-ring (bicyclic) bond motifs is 1. The zero-order valence-electron chi connectivity index (χ0n) is 15.1. The van der Waals surface area contributed by atoms with Crippen molar-refractivity contribution in [3.63, 3.8) is 0 Å². The highest BCUT2D eigenvalue weighted by atomic mass is 19.4. The number of carbonyl (C=O) groups is 1. The smallest absolute Gasteiger partial charge is 0.416 e. The van der Waals surface area contributed by atoms with Gasteiger partial charge in [-0.05, 0) is 49.2 Å². The number of amides is 1. The molecule has 0 spiro atoms. The molecule has 0 unspecified atom stereocenters. The van der Waals surface area contributed by atoms with Gasteiger partial charge in [0.05, 0.1) is 24.4 Å². The monoisotopic (exact) mass is 392 g/mol. The van der Waals surface area contributed by atoms with Gasteiger partial charge in [0.2, 0.25) is 11.8 Å². The number of ether oxygens (including phenoxy) is 2. The van der Waals surface area contributed by atoms with Crippen molar-refractivity contribution in [2.45, 2.75) is 31.2 Å². The second-order valence-electron chi connectivity index (χ2n) is 6.30. The standard InChI is InChI=1S/C20H19F3N2O3/c1-3-17(26)24-15-9-10-16(19-14(15)8-11-18(25-19)27-2)28-13-6-4-12(5-7-13)20(21,22)23/h3-8,11,15-16H,1,9-10H2,2H3,(H,24,26)/t15-,16+/m0/s1. The molecule has 1 aromatic carbocycles. The van der Waals surface area contributed by atoms with Crippen LogP contribution in [0.4, 0.5) is 13.2 Å². The number of aromatic nitrogens is 1. The zero-order chi connectivity index (χ0) is 20.3. The van der Waals surface area contributed by atoms with Gasteiger partial charge in [-0.3, -0.25) is 4.79 Å². The first-order valence-electron chi connectivity index (χ1n) is 8.63. The average molecular weight is 392 g/mol. The first-order chi connectivity index (χ1) is 13.3. The van der Waals surface area contributed by atoms with E-state index in [4.69, 9.17) is 9.47 Å². The number of pyridine rings is 1. The average Bonchev–Trinajstić information content (AvgIpc) is 2.69. The molecule has 2 aromatic rings. The van der Waals surface area contributed by atoms with Gasteiger partial charge in [-0.25, -0.2) is 4.98 Å². The van der Waals surface area contributed by atoms with Crippen molar-refractivity contribution in [1.29, 1.82) is 0 Å². The fraction of sp³-hybridized carbons (Fsp3) is 0.300. The Kier molecular flexibility index (Phi) is 5.58. The highest BCUT2D eigenvalue weighted by molar-refractivity contribution is 5.87. The molecule has 0 saturated carbocycles. The van der Waals surface area contributed by atoms with E-state index in [-0.39, 0.29) is 11.9 Å². The Balaban J connectivity index is 1.86. The van der Waals surface area contributed by atoms with Gasteiger partial charge in [0.1, 0.15) is 11.9 Å². The van der Waals surface area contributed by atoms with Crippen molar-refractivity contribution in [2.75, 3.05) is 7.11 Å². The van der Waals surface area contributed by atoms with Crippen molar-refractivity contribution >= 4 is 5.91 Å². The van der Waals surface area contributed by atoms with Crippen molar-refractivity contribution in [2.24, 2.45) is 0 Å². The SMILES string of the molecule is C=CC(=O)N[C@H]1CC[C@@H](Oc2ccc(C(F)(F)F)cc2)c2nc(OC)ccc21. The molecule has 1 heterocycles. The number of nitrogens with one attached hydrogen (secondary N) is 1. The minimum Gasteiger partial charge on any atom is -0.484 e. The highest BCUT2D eigenvalue weighted by Crippen LogP contribution is 2.39. The lowest BCUT2D eigenvalue weighted by atomic mass is 9.89. The van der Waals surface area contributed by atoms with E-state index in [2.05, 4.69) is 16.9 Å². The summed E-state index contributed by atoms with van der Waals surface area (Å²) in [5.74, 6) is 0.395. The minimum atomic E-state index is -4.40. The number of rotatable bonds is 5. The molecule has 0 radical (unpaired) electrons. The summed E-state index contributed by atoms with van der Waals surface area (Å²) in [6, 6.07) is 7.76. The van der Waals surface area contributed by atoms with Gasteiger partial charge in [0.25, 0.3) is 0 Å². The van der Waals surface area contributed by atoms with Crippen LogP contribution in [0.1, 0.15) is 41.8 Å². The topological polar surface area (TPSA) is 60.5 Å². The maximum atomic E-state index is 12.7. The molecule has 1 aliphatic rings. The molecular weight excluding hydrogens is 373 g/mol. The molecule has 8 heteroatoms. The molecule has 0 fully saturated rings. The third kappa shape index (κ3) is 4.27. The largest absolute Gasteiger partial charge is 0.484 e. The summed E-state index contributed by atoms with van der Waals surface area (Å²) in [6.45, 7) is 3.45. The van der Waals surface area contributed by atoms with Crippen LogP contribution in [0, 0.1) is 0 Å². The van der Waals surface area contributed by atoms with Gasteiger partial charge in [-0.15, -0.1) is 0 Å². The van der Waals surface area contributed by atoms with E-state index < -0.39 is 17.8 Å². The zero-order valence-corrected chi connectivity index (χ0v) is 15.1. The summed E-state index contributed by atoms with van der Waals surface area (Å²) in [7, 11) is 1.49. The molecular formula is C20H19F3N2O3. The molecule has 2 atom stereocenters. The first kappa shape index (κ1) is 19.7. The van der Waals surface area contributed by atoms with Gasteiger partial charge in [0.15, 0.2) is 0 Å². The van der Waals surface area contributed by atoms with E-state index in [0.29, 0.717) is 30.2 Å². The molecule has 1 aromatic heterocycles. The predicted octanol–water partition coefficient (Wildman–Crippen LogP) is 4.37. The Labute approximate surface area is 160 Å². The van der Waals surface area contributed by atoms with E-state index in [9.17, 15) is 18.0 Å². The van der Waals surface area contributed by atoms with E-state index in [0.717, 1.165) is 17.7 Å². The number of nitrogens with zero attached hydrogens (tertiary/aromatic N) is 1. The molecule has 0 aliphatic heterocycles. The maximum absolute atomic E-state index is 12.7. The number of benzene rings is 1. The summed E-state index contributed by atoms with van der Waals surface area (Å²) < 4.78 is 49.3. The first-order valence-corrected chi connectivity index (χ1v) is 8.63. The maximum Gasteiger partial charge on any atom is 0.416 e. The number of hydrogen-bond acceptors (Lipinski definition) is 4. The quantitative estimate of drug-likeness (QED) is 0.768. The minimum absolute atomic E-state index is 0.258. The lowest BCUT2D eigenvalue weighted by molar-refractivity contribution is -0.137. The van der Waals surface area contributed by atoms with E-state index in [1.165, 1.54) is 25.3 Å². The lowest BCUT2D eigenvalue weighted by Gasteiger charge is -2.31. The molecule has 1 N–H and O–H groups in total. The van der Waals surface area contributed by atoms with Crippen LogP contribution in [-0.2, 0) is 11.0 Å². The normalized spacial score (nSPS) is 18.7. The van der Waals surface area contributed by atoms with Crippen LogP contribution >= 0.6 is 0 Å². The fourth-order valence-corrected chi connectivity index (χ4v) is 3.13. The molecule has 148 valence electrons. The van der Waals surface area contributed by atoms with E-state index in [1.54, 1.807) is 12.1 Å². The molecule has 0 bridgehead atoms. The third-order valence-electron chi connectivity index (χ3n) is 4.50. The number of hydrogen-bond donors (Lipinski definition) is 1. The van der Waals surface area contributed by atoms with Gasteiger partial charge < -0.3 is 14.8 Å². The second-order valence-corrected chi connectivity index (χ2v) is 6.30. The molecule has 3 rings (SSSR count). The van der Waals surface area contributed by atoms with Gasteiger partial charge in [-0.2, -0.15) is 13.2 Å². The molecule has 1 amide bonds. The van der Waals surface area contributed by atoms with Gasteiger partial charge in [-0.1, -0.05) is 6.58 Å². The summed E-state index contributed by atoms with van der Waals surface area (Å²) in [5, 5.41) is 2.85. The summed E-state index contributed by atoms with van der Waals surface area (Å²) in [5.41, 5.74) is 0.620. The van der Waals surface area contributed by atoms with Crippen molar-refractivity contribution in [3.8, 4) is 11.6 Å². The Bertz CT molecular complexity index is 866. The fourth-order valence-electron chi connectivity index (χ4n) is 3.13. The number of carbonyl (C=O) groups excluding carboxylic acids is 1. The molecule has 1 aliphatic carbocycles. The van der Waals surface area contributed by atoms with Crippen molar-refractivity contribution in [1.82, 2.24) is 10.3 Å². The Hall–Kier alpha value is -3.03. The van der Waals surface area contributed by atoms with Crippen LogP contribution in [0.25, 0.3) is 0 Å². The lowest BCUT2D eigenvalue weighted by Crippen LogP contribution is -2.32. The van der Waals surface area contributed by atoms with E-state index in [1.807, 2.05) is 0 Å².